The van der Waals surface area contributed by atoms with E-state index in [0.717, 1.165) is 11.1 Å². The van der Waals surface area contributed by atoms with Gasteiger partial charge in [-0.1, -0.05) is 30.3 Å². The third-order valence-electron chi connectivity index (χ3n) is 2.37. The van der Waals surface area contributed by atoms with Gasteiger partial charge in [-0.05, 0) is 18.1 Å². The maximum absolute atomic E-state index is 9.94. The highest BCUT2D eigenvalue weighted by Crippen LogP contribution is 2.14. The summed E-state index contributed by atoms with van der Waals surface area (Å²) in [6.45, 7) is 1.92. The molecule has 0 aliphatic heterocycles. The third-order valence-corrected chi connectivity index (χ3v) is 2.37. The Morgan fingerprint density at radius 3 is 2.38 bits per heavy atom. The fourth-order valence-electron chi connectivity index (χ4n) is 1.50. The largest absolute Gasteiger partial charge is 0.385 e. The molecule has 0 aliphatic carbocycles. The molecule has 16 heavy (non-hydrogen) atoms. The van der Waals surface area contributed by atoms with Gasteiger partial charge >= 0.3 is 0 Å². The normalized spacial score (nSPS) is 12.4. The van der Waals surface area contributed by atoms with Gasteiger partial charge in [-0.2, -0.15) is 0 Å². The van der Waals surface area contributed by atoms with Gasteiger partial charge in [0.25, 0.3) is 0 Å². The summed E-state index contributed by atoms with van der Waals surface area (Å²) >= 11 is 0. The van der Waals surface area contributed by atoms with Crippen molar-refractivity contribution in [2.24, 2.45) is 0 Å². The van der Waals surface area contributed by atoms with E-state index in [9.17, 15) is 5.11 Å². The maximum Gasteiger partial charge on any atom is 0.157 e. The molecule has 2 rings (SSSR count). The lowest BCUT2D eigenvalue weighted by Crippen LogP contribution is -2.06. The monoisotopic (exact) mass is 214 g/mol. The molecule has 1 N–H and O–H groups in total. The van der Waals surface area contributed by atoms with Crippen molar-refractivity contribution in [2.75, 3.05) is 0 Å². The SMILES string of the molecule is Cc1cnc(C(O)Cc2ccccc2)nc1. The van der Waals surface area contributed by atoms with Crippen LogP contribution in [0.5, 0.6) is 0 Å². The molecule has 1 atom stereocenters. The van der Waals surface area contributed by atoms with Crippen molar-refractivity contribution in [3.8, 4) is 0 Å². The van der Waals surface area contributed by atoms with Gasteiger partial charge in [0.15, 0.2) is 5.82 Å². The number of hydrogen-bond acceptors (Lipinski definition) is 3. The Morgan fingerprint density at radius 1 is 1.12 bits per heavy atom. The number of rotatable bonds is 3. The summed E-state index contributed by atoms with van der Waals surface area (Å²) in [4.78, 5) is 8.23. The highest BCUT2D eigenvalue weighted by molar-refractivity contribution is 5.16. The molecule has 0 saturated heterocycles. The van der Waals surface area contributed by atoms with Crippen LogP contribution in [0.3, 0.4) is 0 Å². The second kappa shape index (κ2) is 4.86. The summed E-state index contributed by atoms with van der Waals surface area (Å²) in [5.74, 6) is 0.481. The van der Waals surface area contributed by atoms with Crippen LogP contribution in [0.1, 0.15) is 23.1 Å². The van der Waals surface area contributed by atoms with Crippen molar-refractivity contribution in [3.63, 3.8) is 0 Å². The molecule has 82 valence electrons. The highest BCUT2D eigenvalue weighted by Gasteiger charge is 2.10. The molecule has 3 nitrogen and oxygen atoms in total. The van der Waals surface area contributed by atoms with E-state index >= 15 is 0 Å². The minimum Gasteiger partial charge on any atom is -0.385 e. The second-order valence-corrected chi connectivity index (χ2v) is 3.82. The first-order valence-corrected chi connectivity index (χ1v) is 5.26. The van der Waals surface area contributed by atoms with E-state index < -0.39 is 6.10 Å². The van der Waals surface area contributed by atoms with E-state index in [1.54, 1.807) is 12.4 Å². The third kappa shape index (κ3) is 2.64. The van der Waals surface area contributed by atoms with Crippen molar-refractivity contribution >= 4 is 0 Å². The smallest absolute Gasteiger partial charge is 0.157 e. The summed E-state index contributed by atoms with van der Waals surface area (Å²) in [7, 11) is 0. The number of aromatic nitrogens is 2. The van der Waals surface area contributed by atoms with E-state index in [2.05, 4.69) is 9.97 Å². The average Bonchev–Trinajstić information content (AvgIpc) is 2.31. The second-order valence-electron chi connectivity index (χ2n) is 3.82. The number of hydrogen-bond donors (Lipinski definition) is 1. The Kier molecular flexibility index (Phi) is 3.27. The summed E-state index contributed by atoms with van der Waals surface area (Å²) in [6, 6.07) is 9.84. The predicted molar refractivity (Wildman–Crippen MR) is 61.9 cm³/mol. The molecule has 1 aromatic heterocycles. The molecule has 1 unspecified atom stereocenters. The minimum atomic E-state index is -0.636. The van der Waals surface area contributed by atoms with Crippen LogP contribution >= 0.6 is 0 Å². The van der Waals surface area contributed by atoms with Gasteiger partial charge in [0.2, 0.25) is 0 Å². The zero-order valence-electron chi connectivity index (χ0n) is 9.17. The number of aliphatic hydroxyl groups is 1. The first-order chi connectivity index (χ1) is 7.75. The topological polar surface area (TPSA) is 46.0 Å². The molecule has 0 saturated carbocycles. The van der Waals surface area contributed by atoms with E-state index in [-0.39, 0.29) is 0 Å². The van der Waals surface area contributed by atoms with Crippen molar-refractivity contribution in [1.29, 1.82) is 0 Å². The summed E-state index contributed by atoms with van der Waals surface area (Å²) < 4.78 is 0. The quantitative estimate of drug-likeness (QED) is 0.850. The van der Waals surface area contributed by atoms with E-state index in [1.807, 2.05) is 37.3 Å². The molecule has 0 spiro atoms. The highest BCUT2D eigenvalue weighted by atomic mass is 16.3. The zero-order chi connectivity index (χ0) is 11.4. The van der Waals surface area contributed by atoms with Crippen molar-refractivity contribution in [3.05, 3.63) is 59.7 Å². The summed E-state index contributed by atoms with van der Waals surface area (Å²) in [5.41, 5.74) is 2.08. The van der Waals surface area contributed by atoms with Gasteiger partial charge in [0, 0.05) is 18.8 Å². The van der Waals surface area contributed by atoms with Gasteiger partial charge in [-0.15, -0.1) is 0 Å². The summed E-state index contributed by atoms with van der Waals surface area (Å²) in [6.07, 6.45) is 3.35. The molecule has 0 amide bonds. The maximum atomic E-state index is 9.94. The summed E-state index contributed by atoms with van der Waals surface area (Å²) in [5, 5.41) is 9.94. The molecule has 1 aromatic carbocycles. The lowest BCUT2D eigenvalue weighted by Gasteiger charge is -2.08. The number of aryl methyl sites for hydroxylation is 1. The molecule has 1 heterocycles. The van der Waals surface area contributed by atoms with Gasteiger partial charge < -0.3 is 5.11 Å². The number of benzene rings is 1. The molecule has 0 radical (unpaired) electrons. The Morgan fingerprint density at radius 2 is 1.75 bits per heavy atom. The fourth-order valence-corrected chi connectivity index (χ4v) is 1.50. The molecule has 0 bridgehead atoms. The fraction of sp³-hybridized carbons (Fsp3) is 0.231. The van der Waals surface area contributed by atoms with E-state index in [0.29, 0.717) is 12.2 Å². The zero-order valence-corrected chi connectivity index (χ0v) is 9.17. The van der Waals surface area contributed by atoms with Gasteiger partial charge in [-0.25, -0.2) is 9.97 Å². The van der Waals surface area contributed by atoms with Crippen LogP contribution in [-0.2, 0) is 6.42 Å². The van der Waals surface area contributed by atoms with Crippen LogP contribution in [0.15, 0.2) is 42.7 Å². The lowest BCUT2D eigenvalue weighted by atomic mass is 10.1. The first kappa shape index (κ1) is 10.8. The standard InChI is InChI=1S/C13H14N2O/c1-10-8-14-13(15-9-10)12(16)7-11-5-3-2-4-6-11/h2-6,8-9,12,16H,7H2,1H3. The van der Waals surface area contributed by atoms with Crippen LogP contribution in [-0.4, -0.2) is 15.1 Å². The van der Waals surface area contributed by atoms with Crippen molar-refractivity contribution in [2.45, 2.75) is 19.4 Å². The molecule has 3 heteroatoms. The number of aliphatic hydroxyl groups excluding tert-OH is 1. The Balaban J connectivity index is 2.09. The Bertz CT molecular complexity index is 439. The van der Waals surface area contributed by atoms with E-state index in [1.165, 1.54) is 0 Å². The average molecular weight is 214 g/mol. The Labute approximate surface area is 94.8 Å². The molecule has 0 fully saturated rings. The molecular formula is C13H14N2O. The molecular weight excluding hydrogens is 200 g/mol. The van der Waals surface area contributed by atoms with Gasteiger partial charge in [-0.3, -0.25) is 0 Å². The van der Waals surface area contributed by atoms with Crippen LogP contribution in [0.25, 0.3) is 0 Å². The van der Waals surface area contributed by atoms with Crippen molar-refractivity contribution < 1.29 is 5.11 Å². The van der Waals surface area contributed by atoms with Gasteiger partial charge in [0.1, 0.15) is 6.10 Å². The van der Waals surface area contributed by atoms with Crippen LogP contribution in [0.2, 0.25) is 0 Å². The van der Waals surface area contributed by atoms with Crippen molar-refractivity contribution in [1.82, 2.24) is 9.97 Å². The van der Waals surface area contributed by atoms with Crippen LogP contribution in [0, 0.1) is 6.92 Å². The first-order valence-electron chi connectivity index (χ1n) is 5.26. The molecule has 0 aliphatic rings. The molecule has 2 aromatic rings. The Hall–Kier alpha value is -1.74. The predicted octanol–water partition coefficient (Wildman–Crippen LogP) is 2.06. The van der Waals surface area contributed by atoms with Crippen LogP contribution in [0.4, 0.5) is 0 Å². The lowest BCUT2D eigenvalue weighted by molar-refractivity contribution is 0.168. The van der Waals surface area contributed by atoms with Crippen LogP contribution < -0.4 is 0 Å². The minimum absolute atomic E-state index is 0.481. The number of nitrogens with zero attached hydrogens (tertiary/aromatic N) is 2. The van der Waals surface area contributed by atoms with Gasteiger partial charge in [0.05, 0.1) is 0 Å². The van der Waals surface area contributed by atoms with E-state index in [4.69, 9.17) is 0 Å².